The summed E-state index contributed by atoms with van der Waals surface area (Å²) in [6.45, 7) is 3.48. The molecular weight excluding hydrogens is 364 g/mol. The van der Waals surface area contributed by atoms with E-state index in [-0.39, 0.29) is 22.8 Å². The SMILES string of the molecule is CC(=O)Oc1cc(OC(C)=O)c(C(=O)C=Cc2ccccc2)c(OC(C)=O)c1. The summed E-state index contributed by atoms with van der Waals surface area (Å²) in [7, 11) is 0. The van der Waals surface area contributed by atoms with E-state index in [1.54, 1.807) is 18.2 Å². The fraction of sp³-hybridized carbons (Fsp3) is 0.143. The highest BCUT2D eigenvalue weighted by atomic mass is 16.6. The van der Waals surface area contributed by atoms with Gasteiger partial charge in [0.15, 0.2) is 5.78 Å². The minimum absolute atomic E-state index is 0.0383. The lowest BCUT2D eigenvalue weighted by Gasteiger charge is -2.14. The maximum absolute atomic E-state index is 12.8. The zero-order valence-corrected chi connectivity index (χ0v) is 15.6. The molecule has 0 spiro atoms. The van der Waals surface area contributed by atoms with Gasteiger partial charge in [0.2, 0.25) is 0 Å². The topological polar surface area (TPSA) is 96.0 Å². The van der Waals surface area contributed by atoms with Crippen molar-refractivity contribution in [3.63, 3.8) is 0 Å². The van der Waals surface area contributed by atoms with Gasteiger partial charge in [-0.1, -0.05) is 36.4 Å². The van der Waals surface area contributed by atoms with Crippen molar-refractivity contribution in [1.82, 2.24) is 0 Å². The fourth-order valence-electron chi connectivity index (χ4n) is 2.32. The van der Waals surface area contributed by atoms with E-state index in [4.69, 9.17) is 14.2 Å². The maximum Gasteiger partial charge on any atom is 0.308 e. The number of rotatable bonds is 6. The van der Waals surface area contributed by atoms with Gasteiger partial charge in [-0.15, -0.1) is 0 Å². The lowest BCUT2D eigenvalue weighted by molar-refractivity contribution is -0.132. The van der Waals surface area contributed by atoms with Gasteiger partial charge in [-0.05, 0) is 11.6 Å². The third-order valence-corrected chi connectivity index (χ3v) is 3.28. The molecule has 0 unspecified atom stereocenters. The Hall–Kier alpha value is -3.74. The first-order chi connectivity index (χ1) is 13.3. The van der Waals surface area contributed by atoms with Crippen LogP contribution in [0.1, 0.15) is 36.7 Å². The first kappa shape index (κ1) is 20.6. The Balaban J connectivity index is 2.54. The summed E-state index contributed by atoms with van der Waals surface area (Å²) in [5.41, 5.74) is 0.629. The molecule has 0 aliphatic carbocycles. The molecule has 0 saturated carbocycles. The number of carbonyl (C=O) groups excluding carboxylic acids is 4. The van der Waals surface area contributed by atoms with Crippen LogP contribution in [0.2, 0.25) is 0 Å². The number of hydrogen-bond acceptors (Lipinski definition) is 7. The standard InChI is InChI=1S/C21H18O7/c1-13(22)26-17-11-19(27-14(2)23)21(20(12-17)28-15(3)24)18(25)10-9-16-7-5-4-6-8-16/h4-12H,1-3H3. The molecule has 0 N–H and O–H groups in total. The second-order valence-corrected chi connectivity index (χ2v) is 5.68. The molecule has 0 aliphatic heterocycles. The Morgan fingerprint density at radius 3 is 1.71 bits per heavy atom. The van der Waals surface area contributed by atoms with Crippen LogP contribution in [-0.4, -0.2) is 23.7 Å². The summed E-state index contributed by atoms with van der Waals surface area (Å²) in [4.78, 5) is 47.0. The third-order valence-electron chi connectivity index (χ3n) is 3.28. The maximum atomic E-state index is 12.8. The van der Waals surface area contributed by atoms with Crippen LogP contribution in [0.15, 0.2) is 48.5 Å². The lowest BCUT2D eigenvalue weighted by Crippen LogP contribution is -2.12. The first-order valence-electron chi connectivity index (χ1n) is 8.27. The second kappa shape index (κ2) is 9.27. The van der Waals surface area contributed by atoms with Gasteiger partial charge in [-0.3, -0.25) is 19.2 Å². The van der Waals surface area contributed by atoms with E-state index in [0.29, 0.717) is 0 Å². The van der Waals surface area contributed by atoms with Crippen molar-refractivity contribution in [2.45, 2.75) is 20.8 Å². The molecular formula is C21H18O7. The normalized spacial score (nSPS) is 10.4. The first-order valence-corrected chi connectivity index (χ1v) is 8.27. The summed E-state index contributed by atoms with van der Waals surface area (Å²) in [6, 6.07) is 11.5. The molecule has 0 saturated heterocycles. The zero-order chi connectivity index (χ0) is 20.7. The third kappa shape index (κ3) is 5.91. The molecule has 2 rings (SSSR count). The number of allylic oxidation sites excluding steroid dienone is 1. The highest BCUT2D eigenvalue weighted by molar-refractivity contribution is 6.11. The summed E-state index contributed by atoms with van der Waals surface area (Å²) in [6.07, 6.45) is 2.83. The molecule has 0 aliphatic rings. The van der Waals surface area contributed by atoms with Crippen molar-refractivity contribution < 1.29 is 33.4 Å². The van der Waals surface area contributed by atoms with Crippen LogP contribution < -0.4 is 14.2 Å². The Bertz CT molecular complexity index is 905. The quantitative estimate of drug-likeness (QED) is 0.327. The molecule has 144 valence electrons. The lowest BCUT2D eigenvalue weighted by atomic mass is 10.1. The average Bonchev–Trinajstić information content (AvgIpc) is 2.59. The molecule has 0 heterocycles. The molecule has 7 nitrogen and oxygen atoms in total. The van der Waals surface area contributed by atoms with Gasteiger partial charge in [0, 0.05) is 32.9 Å². The largest absolute Gasteiger partial charge is 0.426 e. The van der Waals surface area contributed by atoms with Crippen molar-refractivity contribution in [3.05, 3.63) is 59.7 Å². The Labute approximate surface area is 161 Å². The summed E-state index contributed by atoms with van der Waals surface area (Å²) >= 11 is 0. The van der Waals surface area contributed by atoms with Crippen molar-refractivity contribution >= 4 is 29.8 Å². The van der Waals surface area contributed by atoms with Crippen LogP contribution in [0.3, 0.4) is 0 Å². The van der Waals surface area contributed by atoms with Crippen LogP contribution in [-0.2, 0) is 14.4 Å². The predicted octanol–water partition coefficient (Wildman–Crippen LogP) is 3.36. The highest BCUT2D eigenvalue weighted by Crippen LogP contribution is 2.35. The Kier molecular flexibility index (Phi) is 6.81. The fourth-order valence-corrected chi connectivity index (χ4v) is 2.32. The molecule has 0 amide bonds. The molecule has 7 heteroatoms. The van der Waals surface area contributed by atoms with Gasteiger partial charge >= 0.3 is 17.9 Å². The van der Waals surface area contributed by atoms with Crippen LogP contribution in [0, 0.1) is 0 Å². The van der Waals surface area contributed by atoms with Gasteiger partial charge in [0.1, 0.15) is 22.8 Å². The van der Waals surface area contributed by atoms with E-state index >= 15 is 0 Å². The average molecular weight is 382 g/mol. The number of carbonyl (C=O) groups is 4. The van der Waals surface area contributed by atoms with Gasteiger partial charge in [-0.2, -0.15) is 0 Å². The highest BCUT2D eigenvalue weighted by Gasteiger charge is 2.22. The van der Waals surface area contributed by atoms with E-state index in [9.17, 15) is 19.2 Å². The van der Waals surface area contributed by atoms with Crippen LogP contribution in [0.4, 0.5) is 0 Å². The van der Waals surface area contributed by atoms with Crippen molar-refractivity contribution in [3.8, 4) is 17.2 Å². The zero-order valence-electron chi connectivity index (χ0n) is 15.6. The number of benzene rings is 2. The Morgan fingerprint density at radius 1 is 0.750 bits per heavy atom. The minimum Gasteiger partial charge on any atom is -0.426 e. The molecule has 0 fully saturated rings. The molecule has 2 aromatic rings. The van der Waals surface area contributed by atoms with E-state index in [1.807, 2.05) is 18.2 Å². The van der Waals surface area contributed by atoms with E-state index in [0.717, 1.165) is 19.4 Å². The Morgan fingerprint density at radius 2 is 1.25 bits per heavy atom. The van der Waals surface area contributed by atoms with Crippen LogP contribution >= 0.6 is 0 Å². The molecule has 28 heavy (non-hydrogen) atoms. The van der Waals surface area contributed by atoms with Gasteiger partial charge < -0.3 is 14.2 Å². The molecule has 2 aromatic carbocycles. The van der Waals surface area contributed by atoms with Crippen LogP contribution in [0.25, 0.3) is 6.08 Å². The summed E-state index contributed by atoms with van der Waals surface area (Å²) in [5, 5.41) is 0. The second-order valence-electron chi connectivity index (χ2n) is 5.68. The van der Waals surface area contributed by atoms with Gasteiger partial charge in [0.05, 0.1) is 0 Å². The van der Waals surface area contributed by atoms with Gasteiger partial charge in [0.25, 0.3) is 0 Å². The summed E-state index contributed by atoms with van der Waals surface area (Å²) < 4.78 is 15.1. The van der Waals surface area contributed by atoms with E-state index in [1.165, 1.54) is 25.1 Å². The minimum atomic E-state index is -0.699. The summed E-state index contributed by atoms with van der Waals surface area (Å²) in [5.74, 6) is -3.01. The molecule has 0 atom stereocenters. The van der Waals surface area contributed by atoms with Crippen molar-refractivity contribution in [1.29, 1.82) is 0 Å². The molecule has 0 aromatic heterocycles. The number of esters is 3. The monoisotopic (exact) mass is 382 g/mol. The predicted molar refractivity (Wildman–Crippen MR) is 100 cm³/mol. The number of ether oxygens (including phenoxy) is 3. The van der Waals surface area contributed by atoms with Crippen molar-refractivity contribution in [2.24, 2.45) is 0 Å². The van der Waals surface area contributed by atoms with Gasteiger partial charge in [-0.25, -0.2) is 0 Å². The molecule has 0 radical (unpaired) electrons. The van der Waals surface area contributed by atoms with E-state index in [2.05, 4.69) is 0 Å². The van der Waals surface area contributed by atoms with E-state index < -0.39 is 23.7 Å². The van der Waals surface area contributed by atoms with Crippen LogP contribution in [0.5, 0.6) is 17.2 Å². The van der Waals surface area contributed by atoms with Crippen molar-refractivity contribution in [2.75, 3.05) is 0 Å². The number of hydrogen-bond donors (Lipinski definition) is 0. The molecule has 0 bridgehead atoms. The number of ketones is 1. The smallest absolute Gasteiger partial charge is 0.308 e.